The van der Waals surface area contributed by atoms with E-state index in [-0.39, 0.29) is 12.2 Å². The number of benzene rings is 1. The molecule has 0 spiro atoms. The fourth-order valence-corrected chi connectivity index (χ4v) is 0.948. The zero-order chi connectivity index (χ0) is 9.68. The Morgan fingerprint density at radius 2 is 2.31 bits per heavy atom. The molecule has 0 amide bonds. The third-order valence-electron chi connectivity index (χ3n) is 1.65. The van der Waals surface area contributed by atoms with E-state index in [1.807, 2.05) is 6.07 Å². The lowest BCUT2D eigenvalue weighted by molar-refractivity contribution is -0.107. The molecule has 0 aliphatic heterocycles. The topological polar surface area (TPSA) is 37.3 Å². The van der Waals surface area contributed by atoms with Crippen LogP contribution in [-0.2, 0) is 4.79 Å². The number of phenolic OH excluding ortho intramolecular Hbond substituents is 1. The summed E-state index contributed by atoms with van der Waals surface area (Å²) in [6.07, 6.45) is 0.938. The van der Waals surface area contributed by atoms with Crippen molar-refractivity contribution < 1.29 is 9.90 Å². The molecule has 1 aromatic carbocycles. The maximum Gasteiger partial charge on any atom is 0.134 e. The summed E-state index contributed by atoms with van der Waals surface area (Å²) in [4.78, 5) is 9.98. The summed E-state index contributed by atoms with van der Waals surface area (Å²) >= 11 is 0. The largest absolute Gasteiger partial charge is 0.506 e. The number of aldehydes is 1. The maximum atomic E-state index is 9.98. The number of phenols is 1. The third kappa shape index (κ3) is 2.34. The van der Waals surface area contributed by atoms with Crippen molar-refractivity contribution in [1.82, 2.24) is 0 Å². The molecule has 0 saturated heterocycles. The fourth-order valence-electron chi connectivity index (χ4n) is 0.948. The average molecular weight is 174 g/mol. The van der Waals surface area contributed by atoms with Crippen LogP contribution in [0.2, 0.25) is 0 Å². The maximum absolute atomic E-state index is 9.98. The van der Waals surface area contributed by atoms with Gasteiger partial charge in [0.15, 0.2) is 0 Å². The van der Waals surface area contributed by atoms with E-state index in [0.29, 0.717) is 5.56 Å². The highest BCUT2D eigenvalue weighted by Crippen LogP contribution is 2.19. The predicted molar refractivity (Wildman–Crippen MR) is 50.4 cm³/mol. The average Bonchev–Trinajstić information content (AvgIpc) is 2.13. The Kier molecular flexibility index (Phi) is 3.10. The molecule has 1 rings (SSSR count). The number of aryl methyl sites for hydroxylation is 1. The molecule has 0 fully saturated rings. The minimum absolute atomic E-state index is 0.195. The van der Waals surface area contributed by atoms with Gasteiger partial charge in [-0.05, 0) is 18.6 Å². The van der Waals surface area contributed by atoms with E-state index in [9.17, 15) is 9.90 Å². The van der Waals surface area contributed by atoms with Gasteiger partial charge in [0.2, 0.25) is 0 Å². The van der Waals surface area contributed by atoms with Crippen LogP contribution in [0.25, 0.3) is 0 Å². The monoisotopic (exact) mass is 174 g/mol. The first kappa shape index (κ1) is 9.34. The third-order valence-corrected chi connectivity index (χ3v) is 1.65. The SMILES string of the molecule is Cc1cccc(C#CCC=O)c1O. The van der Waals surface area contributed by atoms with Gasteiger partial charge in [-0.3, -0.25) is 0 Å². The lowest BCUT2D eigenvalue weighted by atomic mass is 10.1. The molecule has 0 saturated carbocycles. The predicted octanol–water partition coefficient (Wildman–Crippen LogP) is 1.64. The van der Waals surface area contributed by atoms with Crippen molar-refractivity contribution in [2.24, 2.45) is 0 Å². The number of carbonyl (C=O) groups is 1. The molecule has 66 valence electrons. The van der Waals surface area contributed by atoms with E-state index < -0.39 is 0 Å². The second-order valence-corrected chi connectivity index (χ2v) is 2.64. The number of hydrogen-bond donors (Lipinski definition) is 1. The van der Waals surface area contributed by atoms with Gasteiger partial charge in [-0.1, -0.05) is 24.0 Å². The van der Waals surface area contributed by atoms with E-state index in [0.717, 1.165) is 11.8 Å². The lowest BCUT2D eigenvalue weighted by Gasteiger charge is -1.99. The van der Waals surface area contributed by atoms with Crippen molar-refractivity contribution in [3.05, 3.63) is 29.3 Å². The van der Waals surface area contributed by atoms with Gasteiger partial charge in [-0.2, -0.15) is 0 Å². The molecule has 13 heavy (non-hydrogen) atoms. The first-order chi connectivity index (χ1) is 6.25. The molecular weight excluding hydrogens is 164 g/mol. The summed E-state index contributed by atoms with van der Waals surface area (Å²) < 4.78 is 0. The molecule has 0 unspecified atom stereocenters. The smallest absolute Gasteiger partial charge is 0.134 e. The molecule has 0 radical (unpaired) electrons. The van der Waals surface area contributed by atoms with Crippen molar-refractivity contribution in [1.29, 1.82) is 0 Å². The van der Waals surface area contributed by atoms with Crippen molar-refractivity contribution in [2.45, 2.75) is 13.3 Å². The number of carbonyl (C=O) groups excluding carboxylic acids is 1. The zero-order valence-electron chi connectivity index (χ0n) is 7.37. The second kappa shape index (κ2) is 4.32. The highest BCUT2D eigenvalue weighted by atomic mass is 16.3. The summed E-state index contributed by atoms with van der Waals surface area (Å²) in [5.74, 6) is 5.56. The summed E-state index contributed by atoms with van der Waals surface area (Å²) in [5.41, 5.74) is 1.36. The van der Waals surface area contributed by atoms with Gasteiger partial charge in [0, 0.05) is 0 Å². The van der Waals surface area contributed by atoms with Crippen LogP contribution < -0.4 is 0 Å². The van der Waals surface area contributed by atoms with Gasteiger partial charge < -0.3 is 9.90 Å². The molecule has 0 bridgehead atoms. The van der Waals surface area contributed by atoms with Crippen LogP contribution >= 0.6 is 0 Å². The van der Waals surface area contributed by atoms with Gasteiger partial charge in [-0.25, -0.2) is 0 Å². The van der Waals surface area contributed by atoms with E-state index >= 15 is 0 Å². The molecule has 1 N–H and O–H groups in total. The van der Waals surface area contributed by atoms with E-state index in [2.05, 4.69) is 11.8 Å². The Hall–Kier alpha value is -1.75. The lowest BCUT2D eigenvalue weighted by Crippen LogP contribution is -1.80. The van der Waals surface area contributed by atoms with Gasteiger partial charge in [0.25, 0.3) is 0 Å². The molecular formula is C11H10O2. The Morgan fingerprint density at radius 3 is 3.00 bits per heavy atom. The molecule has 0 atom stereocenters. The van der Waals surface area contributed by atoms with Crippen LogP contribution in [0.15, 0.2) is 18.2 Å². The van der Waals surface area contributed by atoms with Crippen LogP contribution in [0.3, 0.4) is 0 Å². The Labute approximate surface area is 77.2 Å². The normalized spacial score (nSPS) is 8.69. The van der Waals surface area contributed by atoms with E-state index in [4.69, 9.17) is 0 Å². The molecule has 0 heterocycles. The molecule has 1 aromatic rings. The quantitative estimate of drug-likeness (QED) is 0.519. The minimum Gasteiger partial charge on any atom is -0.506 e. The molecule has 0 aliphatic carbocycles. The summed E-state index contributed by atoms with van der Waals surface area (Å²) in [6.45, 7) is 1.81. The van der Waals surface area contributed by atoms with Crippen molar-refractivity contribution in [3.8, 4) is 17.6 Å². The number of hydrogen-bond acceptors (Lipinski definition) is 2. The van der Waals surface area contributed by atoms with Crippen LogP contribution in [0.4, 0.5) is 0 Å². The molecule has 0 aliphatic rings. The van der Waals surface area contributed by atoms with Gasteiger partial charge in [0.1, 0.15) is 12.0 Å². The molecule has 0 aromatic heterocycles. The van der Waals surface area contributed by atoms with Crippen molar-refractivity contribution >= 4 is 6.29 Å². The van der Waals surface area contributed by atoms with Crippen LogP contribution in [0, 0.1) is 18.8 Å². The standard InChI is InChI=1S/C11H10O2/c1-9-5-4-7-10(11(9)13)6-2-3-8-12/h4-5,7-8,13H,3H2,1H3. The van der Waals surface area contributed by atoms with Crippen LogP contribution in [0.1, 0.15) is 17.5 Å². The Balaban J connectivity index is 2.97. The summed E-state index contributed by atoms with van der Waals surface area (Å²) in [7, 11) is 0. The van der Waals surface area contributed by atoms with Crippen LogP contribution in [0.5, 0.6) is 5.75 Å². The first-order valence-corrected chi connectivity index (χ1v) is 3.97. The van der Waals surface area contributed by atoms with Gasteiger partial charge >= 0.3 is 0 Å². The summed E-state index contributed by atoms with van der Waals surface area (Å²) in [5, 5.41) is 9.51. The van der Waals surface area contributed by atoms with Crippen LogP contribution in [-0.4, -0.2) is 11.4 Å². The van der Waals surface area contributed by atoms with Crippen molar-refractivity contribution in [3.63, 3.8) is 0 Å². The molecule has 2 heteroatoms. The van der Waals surface area contributed by atoms with E-state index in [1.165, 1.54) is 0 Å². The fraction of sp³-hybridized carbons (Fsp3) is 0.182. The first-order valence-electron chi connectivity index (χ1n) is 3.97. The Morgan fingerprint density at radius 1 is 1.54 bits per heavy atom. The zero-order valence-corrected chi connectivity index (χ0v) is 7.37. The minimum atomic E-state index is 0.195. The van der Waals surface area contributed by atoms with E-state index in [1.54, 1.807) is 19.1 Å². The highest BCUT2D eigenvalue weighted by Gasteiger charge is 1.98. The van der Waals surface area contributed by atoms with Crippen molar-refractivity contribution in [2.75, 3.05) is 0 Å². The highest BCUT2D eigenvalue weighted by molar-refractivity contribution is 5.56. The Bertz CT molecular complexity index is 369. The second-order valence-electron chi connectivity index (χ2n) is 2.64. The van der Waals surface area contributed by atoms with Gasteiger partial charge in [-0.15, -0.1) is 0 Å². The molecule has 2 nitrogen and oxygen atoms in total. The number of rotatable bonds is 1. The number of aromatic hydroxyl groups is 1. The van der Waals surface area contributed by atoms with Gasteiger partial charge in [0.05, 0.1) is 12.0 Å². The number of para-hydroxylation sites is 1. The summed E-state index contributed by atoms with van der Waals surface area (Å²) in [6, 6.07) is 5.35.